The van der Waals surface area contributed by atoms with Crippen LogP contribution in [0, 0.1) is 0 Å². The summed E-state index contributed by atoms with van der Waals surface area (Å²) in [6.07, 6.45) is 5.34. The van der Waals surface area contributed by atoms with Crippen LogP contribution in [0.4, 0.5) is 0 Å². The minimum Gasteiger partial charge on any atom is -0.467 e. The number of aromatic nitrogens is 1. The molecule has 1 atom stereocenters. The average Bonchev–Trinajstić information content (AvgIpc) is 3.35. The summed E-state index contributed by atoms with van der Waals surface area (Å²) in [5.41, 5.74) is 1.74. The summed E-state index contributed by atoms with van der Waals surface area (Å²) in [6.45, 7) is 0.774. The zero-order chi connectivity index (χ0) is 21.8. The van der Waals surface area contributed by atoms with Gasteiger partial charge < -0.3 is 18.8 Å². The van der Waals surface area contributed by atoms with Crippen molar-refractivity contribution in [3.05, 3.63) is 84.1 Å². The lowest BCUT2D eigenvalue weighted by atomic mass is 10.1. The van der Waals surface area contributed by atoms with Crippen LogP contribution < -0.4 is 0 Å². The molecule has 0 radical (unpaired) electrons. The number of carbonyl (C=O) groups excluding carboxylic acids is 2. The summed E-state index contributed by atoms with van der Waals surface area (Å²) < 4.78 is 7.45. The zero-order valence-electron chi connectivity index (χ0n) is 17.5. The van der Waals surface area contributed by atoms with Crippen molar-refractivity contribution in [1.29, 1.82) is 0 Å². The number of amides is 2. The van der Waals surface area contributed by atoms with Gasteiger partial charge in [-0.05, 0) is 42.7 Å². The van der Waals surface area contributed by atoms with E-state index >= 15 is 0 Å². The number of aryl methyl sites for hydroxylation is 1. The molecule has 2 amide bonds. The van der Waals surface area contributed by atoms with E-state index in [1.54, 1.807) is 22.1 Å². The Morgan fingerprint density at radius 2 is 1.87 bits per heavy atom. The molecule has 2 aromatic heterocycles. The van der Waals surface area contributed by atoms with Gasteiger partial charge in [0.15, 0.2) is 0 Å². The first-order valence-electron chi connectivity index (χ1n) is 10.4. The van der Waals surface area contributed by atoms with Gasteiger partial charge in [0.2, 0.25) is 11.8 Å². The monoisotopic (exact) mass is 439 g/mol. The molecule has 3 aromatic rings. The molecule has 4 rings (SSSR count). The van der Waals surface area contributed by atoms with E-state index in [2.05, 4.69) is 0 Å². The molecule has 0 saturated heterocycles. The first-order valence-corrected chi connectivity index (χ1v) is 10.9. The molecule has 162 valence electrons. The number of halogens is 1. The van der Waals surface area contributed by atoms with Crippen molar-refractivity contribution in [3.63, 3.8) is 0 Å². The van der Waals surface area contributed by atoms with Crippen molar-refractivity contribution < 1.29 is 14.0 Å². The van der Waals surface area contributed by atoms with E-state index in [0.717, 1.165) is 24.1 Å². The van der Waals surface area contributed by atoms with Gasteiger partial charge in [0.25, 0.3) is 0 Å². The topological polar surface area (TPSA) is 58.7 Å². The normalized spacial score (nSPS) is 14.3. The fraction of sp³-hybridized carbons (Fsp3) is 0.333. The molecule has 0 bridgehead atoms. The number of benzene rings is 1. The van der Waals surface area contributed by atoms with Gasteiger partial charge in [0.05, 0.1) is 19.4 Å². The second kappa shape index (κ2) is 9.43. The summed E-state index contributed by atoms with van der Waals surface area (Å²) in [5, 5.41) is -0.805. The van der Waals surface area contributed by atoms with E-state index < -0.39 is 5.38 Å². The second-order valence-corrected chi connectivity index (χ2v) is 8.35. The number of hydrogen-bond acceptors (Lipinski definition) is 3. The lowest BCUT2D eigenvalue weighted by molar-refractivity contribution is -0.141. The summed E-state index contributed by atoms with van der Waals surface area (Å²) in [6, 6.07) is 16.9. The SMILES string of the molecule is Cn1cccc1CN(Cc1ccco1)C(=O)CN(C(=O)C(Cl)c1ccccc1)C1CC1. The first kappa shape index (κ1) is 21.2. The van der Waals surface area contributed by atoms with Gasteiger partial charge in [-0.25, -0.2) is 0 Å². The molecule has 1 aromatic carbocycles. The van der Waals surface area contributed by atoms with E-state index in [0.29, 0.717) is 18.8 Å². The lowest BCUT2D eigenvalue weighted by Gasteiger charge is -2.28. The summed E-state index contributed by atoms with van der Waals surface area (Å²) in [4.78, 5) is 29.9. The minimum atomic E-state index is -0.805. The van der Waals surface area contributed by atoms with E-state index in [9.17, 15) is 9.59 Å². The third kappa shape index (κ3) is 5.20. The Labute approximate surface area is 187 Å². The molecule has 1 aliphatic carbocycles. The zero-order valence-corrected chi connectivity index (χ0v) is 18.2. The van der Waals surface area contributed by atoms with Crippen molar-refractivity contribution >= 4 is 23.4 Å². The smallest absolute Gasteiger partial charge is 0.245 e. The lowest BCUT2D eigenvalue weighted by Crippen LogP contribution is -2.44. The highest BCUT2D eigenvalue weighted by molar-refractivity contribution is 6.30. The Hall–Kier alpha value is -2.99. The number of hydrogen-bond donors (Lipinski definition) is 0. The predicted octanol–water partition coefficient (Wildman–Crippen LogP) is 4.12. The molecule has 1 aliphatic rings. The Kier molecular flexibility index (Phi) is 6.47. The summed E-state index contributed by atoms with van der Waals surface area (Å²) in [7, 11) is 1.95. The number of rotatable bonds is 9. The molecule has 0 N–H and O–H groups in total. The molecule has 6 nitrogen and oxygen atoms in total. The van der Waals surface area contributed by atoms with E-state index in [-0.39, 0.29) is 24.4 Å². The molecular weight excluding hydrogens is 414 g/mol. The van der Waals surface area contributed by atoms with Crippen molar-refractivity contribution in [1.82, 2.24) is 14.4 Å². The summed E-state index contributed by atoms with van der Waals surface area (Å²) in [5.74, 6) is 0.349. The molecule has 1 saturated carbocycles. The van der Waals surface area contributed by atoms with Crippen LogP contribution >= 0.6 is 11.6 Å². The largest absolute Gasteiger partial charge is 0.467 e. The Morgan fingerprint density at radius 1 is 1.10 bits per heavy atom. The van der Waals surface area contributed by atoms with Crippen molar-refractivity contribution in [2.75, 3.05) is 6.54 Å². The standard InChI is InChI=1S/C24H26ClN3O3/c1-26-13-5-9-20(26)15-27(16-21-10-6-14-31-21)22(29)17-28(19-11-12-19)24(30)23(25)18-7-3-2-4-8-18/h2-10,13-14,19,23H,11-12,15-17H2,1H3. The van der Waals surface area contributed by atoms with Gasteiger partial charge in [0.1, 0.15) is 17.7 Å². The van der Waals surface area contributed by atoms with Crippen molar-refractivity contribution in [3.8, 4) is 0 Å². The van der Waals surface area contributed by atoms with Crippen LogP contribution in [0.15, 0.2) is 71.5 Å². The van der Waals surface area contributed by atoms with Gasteiger partial charge in [-0.1, -0.05) is 30.3 Å². The molecular formula is C24H26ClN3O3. The van der Waals surface area contributed by atoms with Crippen molar-refractivity contribution in [2.45, 2.75) is 37.4 Å². The maximum absolute atomic E-state index is 13.4. The molecule has 1 fully saturated rings. The first-order chi connectivity index (χ1) is 15.0. The highest BCUT2D eigenvalue weighted by Gasteiger charge is 2.37. The fourth-order valence-electron chi connectivity index (χ4n) is 3.61. The van der Waals surface area contributed by atoms with Crippen LogP contribution in [0.25, 0.3) is 0 Å². The van der Waals surface area contributed by atoms with Crippen LogP contribution in [-0.4, -0.2) is 38.8 Å². The molecule has 2 heterocycles. The van der Waals surface area contributed by atoms with E-state index in [4.69, 9.17) is 16.0 Å². The van der Waals surface area contributed by atoms with Crippen LogP contribution in [0.1, 0.15) is 35.2 Å². The average molecular weight is 440 g/mol. The summed E-state index contributed by atoms with van der Waals surface area (Å²) >= 11 is 6.50. The number of alkyl halides is 1. The van der Waals surface area contributed by atoms with Gasteiger partial charge in [-0.3, -0.25) is 9.59 Å². The maximum Gasteiger partial charge on any atom is 0.245 e. The van der Waals surface area contributed by atoms with E-state index in [1.807, 2.05) is 66.3 Å². The third-order valence-electron chi connectivity index (χ3n) is 5.57. The van der Waals surface area contributed by atoms with Crippen LogP contribution in [0.3, 0.4) is 0 Å². The molecule has 7 heteroatoms. The Bertz CT molecular complexity index is 1010. The van der Waals surface area contributed by atoms with Crippen molar-refractivity contribution in [2.24, 2.45) is 7.05 Å². The third-order valence-corrected chi connectivity index (χ3v) is 6.01. The number of furan rings is 1. The van der Waals surface area contributed by atoms with Gasteiger partial charge in [-0.2, -0.15) is 0 Å². The van der Waals surface area contributed by atoms with Gasteiger partial charge in [0, 0.05) is 25.0 Å². The van der Waals surface area contributed by atoms with Crippen LogP contribution in [-0.2, 0) is 29.7 Å². The van der Waals surface area contributed by atoms with Gasteiger partial charge >= 0.3 is 0 Å². The maximum atomic E-state index is 13.4. The molecule has 1 unspecified atom stereocenters. The highest BCUT2D eigenvalue weighted by Crippen LogP contribution is 2.32. The predicted molar refractivity (Wildman–Crippen MR) is 118 cm³/mol. The van der Waals surface area contributed by atoms with Crippen LogP contribution in [0.2, 0.25) is 0 Å². The fourth-order valence-corrected chi connectivity index (χ4v) is 3.88. The quantitative estimate of drug-likeness (QED) is 0.471. The molecule has 31 heavy (non-hydrogen) atoms. The number of nitrogens with zero attached hydrogens (tertiary/aromatic N) is 3. The number of carbonyl (C=O) groups is 2. The Balaban J connectivity index is 1.50. The highest BCUT2D eigenvalue weighted by atomic mass is 35.5. The minimum absolute atomic E-state index is 0.00465. The second-order valence-electron chi connectivity index (χ2n) is 7.91. The Morgan fingerprint density at radius 3 is 2.48 bits per heavy atom. The molecule has 0 aliphatic heterocycles. The van der Waals surface area contributed by atoms with Gasteiger partial charge in [-0.15, -0.1) is 11.6 Å². The van der Waals surface area contributed by atoms with E-state index in [1.165, 1.54) is 0 Å². The van der Waals surface area contributed by atoms with Crippen LogP contribution in [0.5, 0.6) is 0 Å². The molecule has 0 spiro atoms.